The van der Waals surface area contributed by atoms with Crippen LogP contribution in [0.3, 0.4) is 0 Å². The zero-order chi connectivity index (χ0) is 13.0. The van der Waals surface area contributed by atoms with Crippen molar-refractivity contribution in [3.05, 3.63) is 23.8 Å². The van der Waals surface area contributed by atoms with Crippen molar-refractivity contribution in [3.8, 4) is 6.07 Å². The molecule has 1 aromatic rings. The summed E-state index contributed by atoms with van der Waals surface area (Å²) in [6.45, 7) is 1.81. The van der Waals surface area contributed by atoms with Crippen LogP contribution in [0.4, 0.5) is 20.2 Å². The lowest BCUT2D eigenvalue weighted by Gasteiger charge is -2.27. The number of halogens is 2. The Morgan fingerprint density at radius 1 is 1.47 bits per heavy atom. The van der Waals surface area contributed by atoms with E-state index in [1.54, 1.807) is 24.1 Å². The van der Waals surface area contributed by atoms with Crippen LogP contribution < -0.4 is 10.6 Å². The molecule has 1 aromatic carbocycles. The molecule has 0 aliphatic rings. The average Bonchev–Trinajstić information content (AvgIpc) is 2.28. The lowest BCUT2D eigenvalue weighted by atomic mass is 10.1. The SMILES string of the molecule is CC(CC#N)N(C)c1ccc(N)cc1C(F)F. The van der Waals surface area contributed by atoms with Crippen LogP contribution >= 0.6 is 0 Å². The van der Waals surface area contributed by atoms with E-state index in [-0.39, 0.29) is 18.0 Å². The Balaban J connectivity index is 3.09. The molecule has 92 valence electrons. The van der Waals surface area contributed by atoms with Crippen LogP contribution in [-0.2, 0) is 0 Å². The summed E-state index contributed by atoms with van der Waals surface area (Å²) in [7, 11) is 1.69. The van der Waals surface area contributed by atoms with Gasteiger partial charge in [0.15, 0.2) is 0 Å². The maximum Gasteiger partial charge on any atom is 0.265 e. The number of hydrogen-bond donors (Lipinski definition) is 1. The third-order valence-corrected chi connectivity index (χ3v) is 2.71. The van der Waals surface area contributed by atoms with E-state index in [0.717, 1.165) is 0 Å². The van der Waals surface area contributed by atoms with Gasteiger partial charge in [-0.3, -0.25) is 0 Å². The maximum absolute atomic E-state index is 12.9. The molecule has 1 atom stereocenters. The van der Waals surface area contributed by atoms with Gasteiger partial charge in [-0.2, -0.15) is 5.26 Å². The summed E-state index contributed by atoms with van der Waals surface area (Å²) in [5.41, 5.74) is 6.12. The molecule has 0 fully saturated rings. The standard InChI is InChI=1S/C12H15F2N3/c1-8(5-6-15)17(2)11-4-3-9(16)7-10(11)12(13)14/h3-4,7-8,12H,5,16H2,1-2H3. The van der Waals surface area contributed by atoms with E-state index in [0.29, 0.717) is 11.4 Å². The van der Waals surface area contributed by atoms with E-state index in [1.807, 2.05) is 13.0 Å². The molecule has 17 heavy (non-hydrogen) atoms. The van der Waals surface area contributed by atoms with E-state index in [9.17, 15) is 8.78 Å². The van der Waals surface area contributed by atoms with Gasteiger partial charge in [-0.05, 0) is 25.1 Å². The first-order chi connectivity index (χ1) is 7.97. The molecule has 3 nitrogen and oxygen atoms in total. The third kappa shape index (κ3) is 3.06. The summed E-state index contributed by atoms with van der Waals surface area (Å²) in [5.74, 6) is 0. The summed E-state index contributed by atoms with van der Waals surface area (Å²) in [6.07, 6.45) is -2.30. The molecule has 1 unspecified atom stereocenters. The van der Waals surface area contributed by atoms with Crippen LogP contribution in [0, 0.1) is 11.3 Å². The molecule has 0 heterocycles. The number of nitrogen functional groups attached to an aromatic ring is 1. The summed E-state index contributed by atoms with van der Waals surface area (Å²) in [6, 6.07) is 6.31. The van der Waals surface area contributed by atoms with E-state index >= 15 is 0 Å². The Morgan fingerprint density at radius 2 is 2.12 bits per heavy atom. The molecule has 0 aliphatic heterocycles. The number of nitriles is 1. The fraction of sp³-hybridized carbons (Fsp3) is 0.417. The van der Waals surface area contributed by atoms with Gasteiger partial charge in [0, 0.05) is 30.0 Å². The highest BCUT2D eigenvalue weighted by Gasteiger charge is 2.19. The number of rotatable bonds is 4. The average molecular weight is 239 g/mol. The first-order valence-corrected chi connectivity index (χ1v) is 5.24. The van der Waals surface area contributed by atoms with Gasteiger partial charge in [0.2, 0.25) is 0 Å². The Bertz CT molecular complexity index is 426. The maximum atomic E-state index is 12.9. The zero-order valence-electron chi connectivity index (χ0n) is 9.82. The minimum atomic E-state index is -2.58. The number of hydrogen-bond acceptors (Lipinski definition) is 3. The molecule has 0 aromatic heterocycles. The van der Waals surface area contributed by atoms with Crippen molar-refractivity contribution in [1.82, 2.24) is 0 Å². The van der Waals surface area contributed by atoms with Crippen molar-refractivity contribution in [3.63, 3.8) is 0 Å². The fourth-order valence-electron chi connectivity index (χ4n) is 1.58. The van der Waals surface area contributed by atoms with E-state index in [4.69, 9.17) is 11.0 Å². The van der Waals surface area contributed by atoms with Gasteiger partial charge in [0.05, 0.1) is 12.5 Å². The Labute approximate surface area is 99.4 Å². The summed E-state index contributed by atoms with van der Waals surface area (Å²) < 4.78 is 25.7. The molecule has 0 bridgehead atoms. The highest BCUT2D eigenvalue weighted by atomic mass is 19.3. The minimum absolute atomic E-state index is 0.0997. The van der Waals surface area contributed by atoms with E-state index in [1.165, 1.54) is 6.07 Å². The number of nitrogens with zero attached hydrogens (tertiary/aromatic N) is 2. The summed E-state index contributed by atoms with van der Waals surface area (Å²) in [4.78, 5) is 1.67. The first-order valence-electron chi connectivity index (χ1n) is 5.24. The van der Waals surface area contributed by atoms with Crippen molar-refractivity contribution in [2.45, 2.75) is 25.8 Å². The highest BCUT2D eigenvalue weighted by molar-refractivity contribution is 5.60. The summed E-state index contributed by atoms with van der Waals surface area (Å²) >= 11 is 0. The minimum Gasteiger partial charge on any atom is -0.399 e. The Kier molecular flexibility index (Phi) is 4.27. The molecule has 5 heteroatoms. The van der Waals surface area contributed by atoms with Crippen molar-refractivity contribution >= 4 is 11.4 Å². The van der Waals surface area contributed by atoms with Crippen molar-refractivity contribution < 1.29 is 8.78 Å². The molecule has 2 N–H and O–H groups in total. The molecule has 1 rings (SSSR count). The van der Waals surface area contributed by atoms with Gasteiger partial charge in [-0.1, -0.05) is 0 Å². The number of benzene rings is 1. The van der Waals surface area contributed by atoms with Crippen LogP contribution in [0.1, 0.15) is 25.3 Å². The van der Waals surface area contributed by atoms with Gasteiger partial charge in [0.25, 0.3) is 6.43 Å². The van der Waals surface area contributed by atoms with Gasteiger partial charge < -0.3 is 10.6 Å². The van der Waals surface area contributed by atoms with E-state index in [2.05, 4.69) is 0 Å². The lowest BCUT2D eigenvalue weighted by Crippen LogP contribution is -2.29. The van der Waals surface area contributed by atoms with Gasteiger partial charge >= 0.3 is 0 Å². The predicted molar refractivity (Wildman–Crippen MR) is 63.9 cm³/mol. The van der Waals surface area contributed by atoms with Crippen LogP contribution in [0.2, 0.25) is 0 Å². The predicted octanol–water partition coefficient (Wildman–Crippen LogP) is 2.94. The molecule has 0 spiro atoms. The first kappa shape index (κ1) is 13.2. The zero-order valence-corrected chi connectivity index (χ0v) is 9.82. The van der Waals surface area contributed by atoms with Crippen LogP contribution in [0.15, 0.2) is 18.2 Å². The molecule has 0 radical (unpaired) electrons. The lowest BCUT2D eigenvalue weighted by molar-refractivity contribution is 0.152. The molecular formula is C12H15F2N3. The smallest absolute Gasteiger partial charge is 0.265 e. The monoisotopic (exact) mass is 239 g/mol. The summed E-state index contributed by atoms with van der Waals surface area (Å²) in [5, 5.41) is 8.61. The highest BCUT2D eigenvalue weighted by Crippen LogP contribution is 2.32. The third-order valence-electron chi connectivity index (χ3n) is 2.71. The molecule has 0 saturated carbocycles. The second-order valence-electron chi connectivity index (χ2n) is 3.94. The van der Waals surface area contributed by atoms with Gasteiger partial charge in [-0.25, -0.2) is 8.78 Å². The largest absolute Gasteiger partial charge is 0.399 e. The van der Waals surface area contributed by atoms with Crippen molar-refractivity contribution in [2.75, 3.05) is 17.7 Å². The normalized spacial score (nSPS) is 12.2. The Hall–Kier alpha value is -1.83. The van der Waals surface area contributed by atoms with Crippen molar-refractivity contribution in [2.24, 2.45) is 0 Å². The molecular weight excluding hydrogens is 224 g/mol. The number of nitrogens with two attached hydrogens (primary N) is 1. The second kappa shape index (κ2) is 5.48. The molecule has 0 amide bonds. The van der Waals surface area contributed by atoms with Gasteiger partial charge in [-0.15, -0.1) is 0 Å². The quantitative estimate of drug-likeness (QED) is 0.822. The molecule has 0 aliphatic carbocycles. The second-order valence-corrected chi connectivity index (χ2v) is 3.94. The molecule has 0 saturated heterocycles. The van der Waals surface area contributed by atoms with Gasteiger partial charge in [0.1, 0.15) is 0 Å². The van der Waals surface area contributed by atoms with Crippen LogP contribution in [-0.4, -0.2) is 13.1 Å². The topological polar surface area (TPSA) is 53.0 Å². The number of anilines is 2. The fourth-order valence-corrected chi connectivity index (χ4v) is 1.58. The Morgan fingerprint density at radius 3 is 2.65 bits per heavy atom. The van der Waals surface area contributed by atoms with Crippen molar-refractivity contribution in [1.29, 1.82) is 5.26 Å². The number of alkyl halides is 2. The van der Waals surface area contributed by atoms with Crippen LogP contribution in [0.5, 0.6) is 0 Å². The van der Waals surface area contributed by atoms with Crippen LogP contribution in [0.25, 0.3) is 0 Å². The van der Waals surface area contributed by atoms with E-state index < -0.39 is 6.43 Å².